The largest absolute Gasteiger partial charge is 0.246 e. The number of aromatic nitrogens is 1. The molecule has 0 saturated carbocycles. The first-order valence-electron chi connectivity index (χ1n) is 2.60. The van der Waals surface area contributed by atoms with Crippen molar-refractivity contribution in [2.45, 2.75) is 6.67 Å². The molecule has 0 aliphatic heterocycles. The first-order chi connectivity index (χ1) is 4.74. The molecule has 0 atom stereocenters. The van der Waals surface area contributed by atoms with Crippen LogP contribution in [0.4, 0.5) is 8.78 Å². The summed E-state index contributed by atoms with van der Waals surface area (Å²) in [6, 6.07) is 1.11. The zero-order valence-electron chi connectivity index (χ0n) is 4.94. The summed E-state index contributed by atoms with van der Waals surface area (Å²) in [6.45, 7) is -0.683. The molecule has 0 radical (unpaired) electrons. The Kier molecular flexibility index (Phi) is 2.32. The number of hydrogen-bond donors (Lipinski definition) is 0. The summed E-state index contributed by atoms with van der Waals surface area (Å²) >= 11 is 2.85. The van der Waals surface area contributed by atoms with Crippen LogP contribution in [0.2, 0.25) is 0 Å². The lowest BCUT2D eigenvalue weighted by Gasteiger charge is -1.94. The van der Waals surface area contributed by atoms with Gasteiger partial charge in [-0.3, -0.25) is 0 Å². The summed E-state index contributed by atoms with van der Waals surface area (Å²) in [5.74, 6) is -0.532. The highest BCUT2D eigenvalue weighted by Gasteiger charge is 2.00. The van der Waals surface area contributed by atoms with Crippen molar-refractivity contribution in [2.24, 2.45) is 0 Å². The lowest BCUT2D eigenvalue weighted by molar-refractivity contribution is 0.480. The number of halogens is 3. The molecule has 0 unspecified atom stereocenters. The van der Waals surface area contributed by atoms with Crippen molar-refractivity contribution in [1.29, 1.82) is 0 Å². The highest BCUT2D eigenvalue weighted by molar-refractivity contribution is 9.10. The molecule has 0 bridgehead atoms. The lowest BCUT2D eigenvalue weighted by Crippen LogP contribution is -1.86. The highest BCUT2D eigenvalue weighted by Crippen LogP contribution is 2.12. The topological polar surface area (TPSA) is 12.9 Å². The summed E-state index contributed by atoms with van der Waals surface area (Å²) in [4.78, 5) is 3.55. The monoisotopic (exact) mass is 207 g/mol. The van der Waals surface area contributed by atoms with Crippen LogP contribution < -0.4 is 0 Å². The van der Waals surface area contributed by atoms with Crippen LogP contribution in [0.1, 0.15) is 5.56 Å². The minimum atomic E-state index is -0.683. The highest BCUT2D eigenvalue weighted by atomic mass is 79.9. The molecule has 0 aliphatic carbocycles. The third kappa shape index (κ3) is 1.50. The minimum Gasteiger partial charge on any atom is -0.246 e. The predicted molar refractivity (Wildman–Crippen MR) is 36.7 cm³/mol. The van der Waals surface area contributed by atoms with Crippen molar-refractivity contribution in [1.82, 2.24) is 4.98 Å². The summed E-state index contributed by atoms with van der Waals surface area (Å²) < 4.78 is 24.4. The van der Waals surface area contributed by atoms with Crippen LogP contribution in [0.25, 0.3) is 0 Å². The molecule has 0 fully saturated rings. The van der Waals surface area contributed by atoms with E-state index in [0.29, 0.717) is 0 Å². The molecule has 1 aromatic heterocycles. The van der Waals surface area contributed by atoms with Crippen LogP contribution in [0.3, 0.4) is 0 Å². The van der Waals surface area contributed by atoms with Crippen LogP contribution in [0.15, 0.2) is 16.9 Å². The van der Waals surface area contributed by atoms with E-state index in [1.165, 1.54) is 6.20 Å². The number of pyridine rings is 1. The van der Waals surface area contributed by atoms with Crippen LogP contribution in [-0.4, -0.2) is 4.98 Å². The Labute approximate surface area is 65.2 Å². The van der Waals surface area contributed by atoms with Crippen LogP contribution >= 0.6 is 15.9 Å². The van der Waals surface area contributed by atoms with E-state index in [9.17, 15) is 8.78 Å². The fourth-order valence-corrected chi connectivity index (χ4v) is 0.751. The van der Waals surface area contributed by atoms with Gasteiger partial charge in [0.05, 0.1) is 0 Å². The van der Waals surface area contributed by atoms with E-state index in [4.69, 9.17) is 0 Å². The molecular weight excluding hydrogens is 204 g/mol. The van der Waals surface area contributed by atoms with Gasteiger partial charge in [-0.2, -0.15) is 0 Å². The summed E-state index contributed by atoms with van der Waals surface area (Å²) in [5.41, 5.74) is 0.251. The molecule has 1 aromatic rings. The van der Waals surface area contributed by atoms with Crippen molar-refractivity contribution in [3.8, 4) is 0 Å². The van der Waals surface area contributed by atoms with Crippen molar-refractivity contribution in [3.63, 3.8) is 0 Å². The number of rotatable bonds is 1. The molecule has 0 aliphatic rings. The first kappa shape index (κ1) is 7.60. The van der Waals surface area contributed by atoms with E-state index >= 15 is 0 Å². The average Bonchev–Trinajstić information content (AvgIpc) is 1.95. The molecule has 4 heteroatoms. The second-order valence-electron chi connectivity index (χ2n) is 1.75. The van der Waals surface area contributed by atoms with E-state index in [-0.39, 0.29) is 10.2 Å². The van der Waals surface area contributed by atoms with Crippen molar-refractivity contribution in [2.75, 3.05) is 0 Å². The maximum atomic E-state index is 12.5. The van der Waals surface area contributed by atoms with Gasteiger partial charge in [-0.05, 0) is 22.0 Å². The molecule has 0 saturated heterocycles. The molecule has 54 valence electrons. The Morgan fingerprint density at radius 1 is 1.60 bits per heavy atom. The Morgan fingerprint density at radius 3 is 2.80 bits per heavy atom. The zero-order valence-corrected chi connectivity index (χ0v) is 6.53. The van der Waals surface area contributed by atoms with Gasteiger partial charge in [0.15, 0.2) is 5.82 Å². The second kappa shape index (κ2) is 3.05. The molecule has 1 rings (SSSR count). The van der Waals surface area contributed by atoms with E-state index in [2.05, 4.69) is 20.9 Å². The van der Waals surface area contributed by atoms with Crippen LogP contribution in [0, 0.1) is 5.82 Å². The Bertz CT molecular complexity index is 239. The fourth-order valence-electron chi connectivity index (χ4n) is 0.534. The van der Waals surface area contributed by atoms with Crippen molar-refractivity contribution >= 4 is 15.9 Å². The summed E-state index contributed by atoms with van der Waals surface area (Å²) in [6.07, 6.45) is 1.28. The van der Waals surface area contributed by atoms with Crippen molar-refractivity contribution < 1.29 is 8.78 Å². The van der Waals surface area contributed by atoms with Gasteiger partial charge in [0.2, 0.25) is 0 Å². The lowest BCUT2D eigenvalue weighted by atomic mass is 10.3. The standard InChI is InChI=1S/C6H4BrF2N/c7-6-5(9)1-4(2-8)3-10-6/h1,3H,2H2. The third-order valence-corrected chi connectivity index (χ3v) is 1.59. The van der Waals surface area contributed by atoms with Gasteiger partial charge >= 0.3 is 0 Å². The van der Waals surface area contributed by atoms with Crippen LogP contribution in [-0.2, 0) is 6.67 Å². The van der Waals surface area contributed by atoms with Gasteiger partial charge in [-0.15, -0.1) is 0 Å². The van der Waals surface area contributed by atoms with Crippen molar-refractivity contribution in [3.05, 3.63) is 28.2 Å². The van der Waals surface area contributed by atoms with E-state index in [0.717, 1.165) is 6.07 Å². The van der Waals surface area contributed by atoms with E-state index in [1.807, 2.05) is 0 Å². The van der Waals surface area contributed by atoms with Crippen LogP contribution in [0.5, 0.6) is 0 Å². The molecule has 0 amide bonds. The number of nitrogens with zero attached hydrogens (tertiary/aromatic N) is 1. The Hall–Kier alpha value is -0.510. The van der Waals surface area contributed by atoms with Gasteiger partial charge < -0.3 is 0 Å². The Balaban J connectivity index is 3.04. The second-order valence-corrected chi connectivity index (χ2v) is 2.50. The number of hydrogen-bond acceptors (Lipinski definition) is 1. The van der Waals surface area contributed by atoms with Gasteiger partial charge in [0.25, 0.3) is 0 Å². The average molecular weight is 208 g/mol. The fraction of sp³-hybridized carbons (Fsp3) is 0.167. The molecule has 0 spiro atoms. The quantitative estimate of drug-likeness (QED) is 0.646. The smallest absolute Gasteiger partial charge is 0.156 e. The van der Waals surface area contributed by atoms with Gasteiger partial charge in [-0.25, -0.2) is 13.8 Å². The Morgan fingerprint density at radius 2 is 2.30 bits per heavy atom. The maximum absolute atomic E-state index is 12.5. The molecule has 1 nitrogen and oxygen atoms in total. The third-order valence-electron chi connectivity index (χ3n) is 1.01. The SMILES string of the molecule is FCc1cnc(Br)c(F)c1. The molecule has 10 heavy (non-hydrogen) atoms. The van der Waals surface area contributed by atoms with Gasteiger partial charge in [0.1, 0.15) is 11.3 Å². The predicted octanol–water partition coefficient (Wildman–Crippen LogP) is 2.45. The van der Waals surface area contributed by atoms with Gasteiger partial charge in [0, 0.05) is 11.8 Å². The molecule has 0 aromatic carbocycles. The summed E-state index contributed by atoms with van der Waals surface area (Å²) in [5, 5.41) is 0. The normalized spacial score (nSPS) is 9.90. The van der Waals surface area contributed by atoms with E-state index in [1.54, 1.807) is 0 Å². The summed E-state index contributed by atoms with van der Waals surface area (Å²) in [7, 11) is 0. The number of alkyl halides is 1. The maximum Gasteiger partial charge on any atom is 0.156 e. The molecule has 1 heterocycles. The van der Waals surface area contributed by atoms with E-state index < -0.39 is 12.5 Å². The zero-order chi connectivity index (χ0) is 7.56. The first-order valence-corrected chi connectivity index (χ1v) is 3.39. The molecule has 0 N–H and O–H groups in total. The molecular formula is C6H4BrF2N. The minimum absolute atomic E-state index is 0.115. The van der Waals surface area contributed by atoms with Gasteiger partial charge in [-0.1, -0.05) is 0 Å².